The number of carbonyl (C=O) groups is 2. The van der Waals surface area contributed by atoms with Crippen molar-refractivity contribution in [3.05, 3.63) is 40.3 Å². The molecule has 0 radical (unpaired) electrons. The molecule has 122 valence electrons. The molecule has 1 fully saturated rings. The summed E-state index contributed by atoms with van der Waals surface area (Å²) in [5.74, 6) is -1.52. The zero-order valence-corrected chi connectivity index (χ0v) is 14.9. The zero-order chi connectivity index (χ0) is 17.1. The first kappa shape index (κ1) is 17.7. The van der Waals surface area contributed by atoms with Crippen LogP contribution in [0.4, 0.5) is 0 Å². The molecule has 1 aliphatic heterocycles. The largest absolute Gasteiger partial charge is 0.480 e. The standard InChI is InChI=1S/C17H19NO3S2/c1-4-11(3)14(16(20)21)18-15(19)13(23-17(18)22)9-12-7-5-6-10(2)8-12/h5-9,11,14H,4H2,1-3H3,(H,20,21). The number of carboxylic acids is 1. The molecule has 1 aromatic carbocycles. The van der Waals surface area contributed by atoms with E-state index in [2.05, 4.69) is 0 Å². The highest BCUT2D eigenvalue weighted by atomic mass is 32.2. The third kappa shape index (κ3) is 3.82. The normalized spacial score (nSPS) is 19.3. The number of nitrogens with zero attached hydrogens (tertiary/aromatic N) is 1. The predicted octanol–water partition coefficient (Wildman–Crippen LogP) is 3.70. The van der Waals surface area contributed by atoms with Crippen LogP contribution in [-0.4, -0.2) is 32.2 Å². The van der Waals surface area contributed by atoms with Crippen LogP contribution in [0.2, 0.25) is 0 Å². The van der Waals surface area contributed by atoms with Gasteiger partial charge in [0.2, 0.25) is 0 Å². The molecule has 1 aliphatic rings. The molecule has 1 amide bonds. The fourth-order valence-electron chi connectivity index (χ4n) is 2.46. The van der Waals surface area contributed by atoms with Gasteiger partial charge in [0.05, 0.1) is 4.91 Å². The van der Waals surface area contributed by atoms with E-state index in [1.165, 1.54) is 4.90 Å². The Hall–Kier alpha value is -1.66. The van der Waals surface area contributed by atoms with Crippen LogP contribution in [0.3, 0.4) is 0 Å². The number of benzene rings is 1. The van der Waals surface area contributed by atoms with E-state index in [0.717, 1.165) is 22.9 Å². The highest BCUT2D eigenvalue weighted by molar-refractivity contribution is 8.26. The molecule has 0 saturated carbocycles. The summed E-state index contributed by atoms with van der Waals surface area (Å²) >= 11 is 6.42. The lowest BCUT2D eigenvalue weighted by Crippen LogP contribution is -2.47. The van der Waals surface area contributed by atoms with Crippen molar-refractivity contribution in [2.45, 2.75) is 33.2 Å². The van der Waals surface area contributed by atoms with Crippen LogP contribution in [0, 0.1) is 12.8 Å². The molecule has 4 nitrogen and oxygen atoms in total. The van der Waals surface area contributed by atoms with Gasteiger partial charge in [-0.3, -0.25) is 9.69 Å². The maximum Gasteiger partial charge on any atom is 0.327 e. The van der Waals surface area contributed by atoms with Crippen molar-refractivity contribution in [2.24, 2.45) is 5.92 Å². The number of hydrogen-bond acceptors (Lipinski definition) is 4. The van der Waals surface area contributed by atoms with Gasteiger partial charge in [0.15, 0.2) is 0 Å². The summed E-state index contributed by atoms with van der Waals surface area (Å²) in [5, 5.41) is 9.50. The van der Waals surface area contributed by atoms with E-state index in [1.807, 2.05) is 45.0 Å². The van der Waals surface area contributed by atoms with Crippen LogP contribution in [0.25, 0.3) is 6.08 Å². The highest BCUT2D eigenvalue weighted by Gasteiger charge is 2.42. The average Bonchev–Trinajstić information content (AvgIpc) is 2.75. The fourth-order valence-corrected chi connectivity index (χ4v) is 3.79. The predicted molar refractivity (Wildman–Crippen MR) is 97.1 cm³/mol. The smallest absolute Gasteiger partial charge is 0.327 e. The Morgan fingerprint density at radius 2 is 2.17 bits per heavy atom. The monoisotopic (exact) mass is 349 g/mol. The van der Waals surface area contributed by atoms with Gasteiger partial charge in [0.1, 0.15) is 10.4 Å². The summed E-state index contributed by atoms with van der Waals surface area (Å²) in [7, 11) is 0. The second kappa shape index (κ2) is 7.27. The molecule has 2 unspecified atom stereocenters. The van der Waals surface area contributed by atoms with E-state index in [4.69, 9.17) is 12.2 Å². The second-order valence-electron chi connectivity index (χ2n) is 5.63. The molecule has 1 aromatic rings. The average molecular weight is 349 g/mol. The third-order valence-electron chi connectivity index (χ3n) is 3.88. The first-order valence-corrected chi connectivity index (χ1v) is 8.64. The first-order chi connectivity index (χ1) is 10.8. The van der Waals surface area contributed by atoms with Crippen molar-refractivity contribution in [1.29, 1.82) is 0 Å². The molecule has 2 rings (SSSR count). The Morgan fingerprint density at radius 3 is 2.74 bits per heavy atom. The lowest BCUT2D eigenvalue weighted by Gasteiger charge is -2.27. The van der Waals surface area contributed by atoms with E-state index in [-0.39, 0.29) is 11.8 Å². The van der Waals surface area contributed by atoms with Gasteiger partial charge in [-0.1, -0.05) is 74.1 Å². The van der Waals surface area contributed by atoms with Crippen molar-refractivity contribution in [3.8, 4) is 0 Å². The molecular formula is C17H19NO3S2. The van der Waals surface area contributed by atoms with Crippen molar-refractivity contribution in [1.82, 2.24) is 4.90 Å². The van der Waals surface area contributed by atoms with Gasteiger partial charge in [-0.15, -0.1) is 0 Å². The van der Waals surface area contributed by atoms with E-state index in [0.29, 0.717) is 15.6 Å². The van der Waals surface area contributed by atoms with Crippen LogP contribution in [0.15, 0.2) is 29.2 Å². The van der Waals surface area contributed by atoms with E-state index in [9.17, 15) is 14.7 Å². The minimum absolute atomic E-state index is 0.173. The number of aryl methyl sites for hydroxylation is 1. The lowest BCUT2D eigenvalue weighted by atomic mass is 9.98. The summed E-state index contributed by atoms with van der Waals surface area (Å²) in [5.41, 5.74) is 2.00. The van der Waals surface area contributed by atoms with E-state index >= 15 is 0 Å². The topological polar surface area (TPSA) is 57.6 Å². The number of hydrogen-bond donors (Lipinski definition) is 1. The van der Waals surface area contributed by atoms with Crippen LogP contribution in [0.5, 0.6) is 0 Å². The van der Waals surface area contributed by atoms with Crippen LogP contribution in [0.1, 0.15) is 31.4 Å². The summed E-state index contributed by atoms with van der Waals surface area (Å²) in [4.78, 5) is 26.0. The summed E-state index contributed by atoms with van der Waals surface area (Å²) < 4.78 is 0.307. The van der Waals surface area contributed by atoms with Crippen LogP contribution >= 0.6 is 24.0 Å². The minimum Gasteiger partial charge on any atom is -0.480 e. The lowest BCUT2D eigenvalue weighted by molar-refractivity contribution is -0.147. The number of carbonyl (C=O) groups excluding carboxylic acids is 1. The second-order valence-corrected chi connectivity index (χ2v) is 7.31. The number of carboxylic acid groups (broad SMARTS) is 1. The maximum atomic E-state index is 12.7. The number of aliphatic carboxylic acids is 1. The van der Waals surface area contributed by atoms with Gasteiger partial charge in [0.25, 0.3) is 5.91 Å². The molecule has 2 atom stereocenters. The molecule has 1 N–H and O–H groups in total. The molecule has 0 aliphatic carbocycles. The third-order valence-corrected chi connectivity index (χ3v) is 5.21. The van der Waals surface area contributed by atoms with Gasteiger partial charge in [0, 0.05) is 0 Å². The number of amides is 1. The maximum absolute atomic E-state index is 12.7. The summed E-state index contributed by atoms with van der Waals surface area (Å²) in [6.07, 6.45) is 2.42. The number of thioether (sulfide) groups is 1. The van der Waals surface area contributed by atoms with E-state index < -0.39 is 12.0 Å². The van der Waals surface area contributed by atoms with Crippen molar-refractivity contribution in [2.75, 3.05) is 0 Å². The zero-order valence-electron chi connectivity index (χ0n) is 13.3. The van der Waals surface area contributed by atoms with Crippen molar-refractivity contribution >= 4 is 46.3 Å². The highest BCUT2D eigenvalue weighted by Crippen LogP contribution is 2.36. The molecule has 1 saturated heterocycles. The molecule has 0 aromatic heterocycles. The Balaban J connectivity index is 2.34. The van der Waals surface area contributed by atoms with Crippen LogP contribution in [-0.2, 0) is 9.59 Å². The SMILES string of the molecule is CCC(C)C(C(=O)O)N1C(=O)C(=Cc2cccc(C)c2)SC1=S. The Morgan fingerprint density at radius 1 is 1.48 bits per heavy atom. The molecule has 0 spiro atoms. The Kier molecular flexibility index (Phi) is 5.59. The van der Waals surface area contributed by atoms with Gasteiger partial charge in [-0.2, -0.15) is 0 Å². The molecule has 6 heteroatoms. The summed E-state index contributed by atoms with van der Waals surface area (Å²) in [6, 6.07) is 6.85. The fraction of sp³-hybridized carbons (Fsp3) is 0.353. The van der Waals surface area contributed by atoms with E-state index in [1.54, 1.807) is 6.08 Å². The van der Waals surface area contributed by atoms with Gasteiger partial charge in [-0.05, 0) is 24.5 Å². The number of thiocarbonyl (C=S) groups is 1. The van der Waals surface area contributed by atoms with Crippen molar-refractivity contribution < 1.29 is 14.7 Å². The summed E-state index contributed by atoms with van der Waals surface area (Å²) in [6.45, 7) is 5.70. The molecule has 23 heavy (non-hydrogen) atoms. The quantitative estimate of drug-likeness (QED) is 0.649. The van der Waals surface area contributed by atoms with Gasteiger partial charge < -0.3 is 5.11 Å². The first-order valence-electron chi connectivity index (χ1n) is 7.41. The molecular weight excluding hydrogens is 330 g/mol. The Bertz CT molecular complexity index is 684. The Labute approximate surface area is 145 Å². The van der Waals surface area contributed by atoms with Crippen LogP contribution < -0.4 is 0 Å². The molecule has 1 heterocycles. The molecule has 0 bridgehead atoms. The number of rotatable bonds is 5. The van der Waals surface area contributed by atoms with Gasteiger partial charge in [-0.25, -0.2) is 4.79 Å². The van der Waals surface area contributed by atoms with Gasteiger partial charge >= 0.3 is 5.97 Å². The van der Waals surface area contributed by atoms with Crippen molar-refractivity contribution in [3.63, 3.8) is 0 Å². The minimum atomic E-state index is -1.02.